The van der Waals surface area contributed by atoms with Gasteiger partial charge in [0.05, 0.1) is 18.2 Å². The van der Waals surface area contributed by atoms with Gasteiger partial charge in [-0.3, -0.25) is 9.69 Å². The van der Waals surface area contributed by atoms with Crippen molar-refractivity contribution in [1.82, 2.24) is 9.88 Å². The molecule has 0 radical (unpaired) electrons. The van der Waals surface area contributed by atoms with Gasteiger partial charge in [0.1, 0.15) is 18.2 Å². The van der Waals surface area contributed by atoms with Gasteiger partial charge in [0.2, 0.25) is 0 Å². The van der Waals surface area contributed by atoms with Crippen molar-refractivity contribution in [1.29, 1.82) is 0 Å². The molecule has 2 saturated heterocycles. The molecule has 1 N–H and O–H groups in total. The lowest BCUT2D eigenvalue weighted by Crippen LogP contribution is -2.39. The Morgan fingerprint density at radius 2 is 1.72 bits per heavy atom. The summed E-state index contributed by atoms with van der Waals surface area (Å²) in [6.45, 7) is 2.83. The third-order valence-electron chi connectivity index (χ3n) is 8.39. The molecule has 2 fully saturated rings. The number of ether oxygens (including phenoxy) is 1. The molecular formula is C32H34F5N3O3. The summed E-state index contributed by atoms with van der Waals surface area (Å²) in [4.78, 5) is 19.3. The first-order valence-corrected chi connectivity index (χ1v) is 14.4. The van der Waals surface area contributed by atoms with Crippen LogP contribution in [-0.4, -0.2) is 59.9 Å². The first-order valence-electron chi connectivity index (χ1n) is 14.4. The normalized spacial score (nSPS) is 17.3. The van der Waals surface area contributed by atoms with Gasteiger partial charge >= 0.3 is 12.1 Å². The lowest BCUT2D eigenvalue weighted by Gasteiger charge is -2.32. The number of aryl methyl sites for hydroxylation is 1. The smallest absolute Gasteiger partial charge is 0.401 e. The number of likely N-dealkylation sites (tertiary alicyclic amines) is 1. The van der Waals surface area contributed by atoms with Crippen LogP contribution in [0, 0.1) is 24.5 Å². The zero-order valence-electron chi connectivity index (χ0n) is 23.8. The molecule has 0 saturated carbocycles. The molecule has 43 heavy (non-hydrogen) atoms. The predicted molar refractivity (Wildman–Crippen MR) is 152 cm³/mol. The van der Waals surface area contributed by atoms with Crippen molar-refractivity contribution in [3.05, 3.63) is 76.9 Å². The first kappa shape index (κ1) is 30.7. The van der Waals surface area contributed by atoms with E-state index in [4.69, 9.17) is 4.74 Å². The minimum atomic E-state index is -4.20. The Bertz CT molecular complexity index is 1450. The summed E-state index contributed by atoms with van der Waals surface area (Å²) in [6, 6.07) is 12.9. The van der Waals surface area contributed by atoms with E-state index >= 15 is 4.39 Å². The monoisotopic (exact) mass is 603 g/mol. The molecule has 3 heterocycles. The van der Waals surface area contributed by atoms with Crippen LogP contribution in [0.25, 0.3) is 11.3 Å². The van der Waals surface area contributed by atoms with Crippen LogP contribution in [0.4, 0.5) is 27.8 Å². The van der Waals surface area contributed by atoms with Crippen molar-refractivity contribution >= 4 is 11.8 Å². The predicted octanol–water partition coefficient (Wildman–Crippen LogP) is 6.96. The second-order valence-electron chi connectivity index (χ2n) is 11.4. The second kappa shape index (κ2) is 12.9. The first-order chi connectivity index (χ1) is 20.5. The van der Waals surface area contributed by atoms with Crippen LogP contribution in [0.5, 0.6) is 5.75 Å². The molecule has 0 bridgehead atoms. The van der Waals surface area contributed by atoms with Gasteiger partial charge < -0.3 is 14.7 Å². The largest absolute Gasteiger partial charge is 0.485 e. The number of rotatable bonds is 8. The van der Waals surface area contributed by atoms with E-state index in [-0.39, 0.29) is 23.8 Å². The number of carboxylic acids is 1. The van der Waals surface area contributed by atoms with Crippen molar-refractivity contribution in [2.75, 3.05) is 37.6 Å². The summed E-state index contributed by atoms with van der Waals surface area (Å²) in [5, 5.41) is 9.28. The minimum absolute atomic E-state index is 0.0219. The topological polar surface area (TPSA) is 65.9 Å². The number of hydrogen-bond donors (Lipinski definition) is 1. The van der Waals surface area contributed by atoms with E-state index in [0.717, 1.165) is 22.8 Å². The van der Waals surface area contributed by atoms with Crippen molar-refractivity contribution in [3.8, 4) is 17.0 Å². The number of nitrogens with zero attached hydrogens (tertiary/aromatic N) is 3. The highest BCUT2D eigenvalue weighted by molar-refractivity contribution is 5.71. The van der Waals surface area contributed by atoms with Crippen LogP contribution < -0.4 is 9.64 Å². The summed E-state index contributed by atoms with van der Waals surface area (Å²) < 4.78 is 73.6. The molecule has 230 valence electrons. The number of alkyl halides is 3. The molecule has 3 aromatic rings. The molecule has 2 aliphatic heterocycles. The maximum atomic E-state index is 15.1. The number of aliphatic carboxylic acids is 1. The summed E-state index contributed by atoms with van der Waals surface area (Å²) in [7, 11) is 0. The Morgan fingerprint density at radius 1 is 1.00 bits per heavy atom. The van der Waals surface area contributed by atoms with Crippen LogP contribution in [0.2, 0.25) is 0 Å². The molecule has 5 rings (SSSR count). The highest BCUT2D eigenvalue weighted by Gasteiger charge is 2.33. The molecule has 0 atom stereocenters. The Balaban J connectivity index is 1.28. The molecule has 0 unspecified atom stereocenters. The van der Waals surface area contributed by atoms with E-state index in [1.165, 1.54) is 11.0 Å². The SMILES string of the molecule is Cc1cc(C2CCN(CC(F)(F)F)CC2)ccc1COc1c(F)cc(F)cc1-c1cccc(N2CCC(C(=O)O)CC2)n1. The van der Waals surface area contributed by atoms with E-state index < -0.39 is 36.2 Å². The molecule has 11 heteroatoms. The van der Waals surface area contributed by atoms with Crippen LogP contribution in [-0.2, 0) is 11.4 Å². The Morgan fingerprint density at radius 3 is 2.37 bits per heavy atom. The summed E-state index contributed by atoms with van der Waals surface area (Å²) >= 11 is 0. The number of carbonyl (C=O) groups is 1. The van der Waals surface area contributed by atoms with Crippen LogP contribution in [0.3, 0.4) is 0 Å². The molecule has 1 aromatic heterocycles. The Hall–Kier alpha value is -3.73. The van der Waals surface area contributed by atoms with Crippen LogP contribution in [0.1, 0.15) is 48.3 Å². The third kappa shape index (κ3) is 7.62. The maximum absolute atomic E-state index is 15.1. The van der Waals surface area contributed by atoms with Gasteiger partial charge in [-0.1, -0.05) is 24.3 Å². The standard InChI is InChI=1S/C32H34F5N3O3/c1-20-15-23(21-7-11-39(12-8-21)19-32(35,36)37)5-6-24(20)18-43-30-26(16-25(33)17-27(30)34)28-3-2-4-29(38-28)40-13-9-22(10-14-40)31(41)42/h2-6,15-17,21-22H,7-14,18-19H2,1H3,(H,41,42). The van der Waals surface area contributed by atoms with Crippen molar-refractivity contribution < 1.29 is 36.6 Å². The molecular weight excluding hydrogens is 569 g/mol. The fraction of sp³-hybridized carbons (Fsp3) is 0.438. The number of benzene rings is 2. The lowest BCUT2D eigenvalue weighted by atomic mass is 9.88. The number of anilines is 1. The number of piperidine rings is 2. The molecule has 0 aliphatic carbocycles. The molecule has 6 nitrogen and oxygen atoms in total. The highest BCUT2D eigenvalue weighted by atomic mass is 19.4. The molecule has 0 amide bonds. The van der Waals surface area contributed by atoms with E-state index in [2.05, 4.69) is 4.98 Å². The van der Waals surface area contributed by atoms with Crippen molar-refractivity contribution in [2.45, 2.75) is 51.3 Å². The van der Waals surface area contributed by atoms with Gasteiger partial charge in [-0.15, -0.1) is 0 Å². The summed E-state index contributed by atoms with van der Waals surface area (Å²) in [5.74, 6) is -2.21. The van der Waals surface area contributed by atoms with E-state index in [1.54, 1.807) is 18.2 Å². The van der Waals surface area contributed by atoms with Crippen LogP contribution >= 0.6 is 0 Å². The maximum Gasteiger partial charge on any atom is 0.401 e. The van der Waals surface area contributed by atoms with Crippen molar-refractivity contribution in [3.63, 3.8) is 0 Å². The van der Waals surface area contributed by atoms with Gasteiger partial charge in [0.25, 0.3) is 0 Å². The summed E-state index contributed by atoms with van der Waals surface area (Å²) in [6.07, 6.45) is -1.95. The van der Waals surface area contributed by atoms with Crippen LogP contribution in [0.15, 0.2) is 48.5 Å². The second-order valence-corrected chi connectivity index (χ2v) is 11.4. The van der Waals surface area contributed by atoms with Crippen molar-refractivity contribution in [2.24, 2.45) is 5.92 Å². The fourth-order valence-electron chi connectivity index (χ4n) is 5.97. The molecule has 2 aromatic carbocycles. The lowest BCUT2D eigenvalue weighted by molar-refractivity contribution is -0.148. The van der Waals surface area contributed by atoms with E-state index in [9.17, 15) is 27.5 Å². The fourth-order valence-corrected chi connectivity index (χ4v) is 5.97. The number of halogens is 5. The van der Waals surface area contributed by atoms with E-state index in [0.29, 0.717) is 63.4 Å². The van der Waals surface area contributed by atoms with Gasteiger partial charge in [-0.25, -0.2) is 13.8 Å². The average molecular weight is 604 g/mol. The van der Waals surface area contributed by atoms with Gasteiger partial charge in [-0.2, -0.15) is 13.2 Å². The Labute approximate surface area is 247 Å². The number of pyridine rings is 1. The third-order valence-corrected chi connectivity index (χ3v) is 8.39. The van der Waals surface area contributed by atoms with Gasteiger partial charge in [-0.05, 0) is 86.5 Å². The number of aromatic nitrogens is 1. The zero-order valence-corrected chi connectivity index (χ0v) is 23.8. The quantitative estimate of drug-likeness (QED) is 0.281. The summed E-state index contributed by atoms with van der Waals surface area (Å²) in [5.41, 5.74) is 3.25. The average Bonchev–Trinajstić information content (AvgIpc) is 2.96. The minimum Gasteiger partial charge on any atom is -0.485 e. The molecule has 0 spiro atoms. The number of carboxylic acid groups (broad SMARTS) is 1. The zero-order chi connectivity index (χ0) is 30.7. The number of hydrogen-bond acceptors (Lipinski definition) is 5. The van der Waals surface area contributed by atoms with Gasteiger partial charge in [0.15, 0.2) is 11.6 Å². The molecule has 2 aliphatic rings. The van der Waals surface area contributed by atoms with E-state index in [1.807, 2.05) is 30.0 Å². The Kier molecular flexibility index (Phi) is 9.19. The highest BCUT2D eigenvalue weighted by Crippen LogP contribution is 2.36. The van der Waals surface area contributed by atoms with Gasteiger partial charge in [0, 0.05) is 24.7 Å².